The van der Waals surface area contributed by atoms with Gasteiger partial charge in [-0.25, -0.2) is 19.9 Å². The number of fused-ring (bicyclic) bond motifs is 6. The van der Waals surface area contributed by atoms with Crippen LogP contribution >= 0.6 is 0 Å². The number of hydrogen-bond acceptors (Lipinski definition) is 6. The van der Waals surface area contributed by atoms with Gasteiger partial charge in [0.25, 0.3) is 0 Å². The minimum atomic E-state index is 0.00149. The van der Waals surface area contributed by atoms with E-state index in [0.29, 0.717) is 6.42 Å². The zero-order valence-electron chi connectivity index (χ0n) is 32.6. The molecule has 4 heterocycles. The average molecular weight is 701 g/mol. The fourth-order valence-electron chi connectivity index (χ4n) is 7.30. The number of rotatable bonds is 6. The smallest absolute Gasteiger partial charge is 0.144 e. The van der Waals surface area contributed by atoms with Crippen LogP contribution in [0.5, 0.6) is 0 Å². The summed E-state index contributed by atoms with van der Waals surface area (Å²) >= 11 is 0. The Bertz CT molecular complexity index is 2500. The molecular weight excluding hydrogens is 653 g/mol. The third-order valence-corrected chi connectivity index (χ3v) is 10.5. The molecule has 0 atom stereocenters. The van der Waals surface area contributed by atoms with Gasteiger partial charge < -0.3 is 8.83 Å². The fourth-order valence-corrected chi connectivity index (χ4v) is 7.30. The first-order chi connectivity index (χ1) is 25.1. The Morgan fingerprint density at radius 1 is 0.491 bits per heavy atom. The van der Waals surface area contributed by atoms with Gasteiger partial charge >= 0.3 is 0 Å². The van der Waals surface area contributed by atoms with Crippen LogP contribution in [0.15, 0.2) is 94.3 Å². The monoisotopic (exact) mass is 700 g/mol. The predicted octanol–water partition coefficient (Wildman–Crippen LogP) is 12.8. The maximum absolute atomic E-state index is 6.73. The number of hydrogen-bond donors (Lipinski definition) is 0. The lowest BCUT2D eigenvalue weighted by atomic mass is 9.86. The van der Waals surface area contributed by atoms with Crippen LogP contribution in [0.3, 0.4) is 0 Å². The molecule has 0 bridgehead atoms. The predicted molar refractivity (Wildman–Crippen MR) is 218 cm³/mol. The summed E-state index contributed by atoms with van der Waals surface area (Å²) in [6.45, 7) is 22.0. The Labute approximate surface area is 311 Å². The second kappa shape index (κ2) is 12.6. The average Bonchev–Trinajstić information content (AvgIpc) is 3.68. The van der Waals surface area contributed by atoms with E-state index in [4.69, 9.17) is 18.8 Å². The van der Waals surface area contributed by atoms with E-state index in [1.807, 2.05) is 0 Å². The van der Waals surface area contributed by atoms with E-state index >= 15 is 0 Å². The Morgan fingerprint density at radius 2 is 0.906 bits per heavy atom. The number of benzene rings is 4. The topological polar surface area (TPSA) is 77.8 Å². The van der Waals surface area contributed by atoms with E-state index in [-0.39, 0.29) is 22.7 Å². The molecule has 0 fully saturated rings. The molecule has 0 saturated heterocycles. The van der Waals surface area contributed by atoms with E-state index in [9.17, 15) is 0 Å². The zero-order valence-corrected chi connectivity index (χ0v) is 32.6. The van der Waals surface area contributed by atoms with Gasteiger partial charge in [-0.1, -0.05) is 93.5 Å². The maximum Gasteiger partial charge on any atom is 0.144 e. The quantitative estimate of drug-likeness (QED) is 0.172. The molecular formula is C47H48N4O2. The van der Waals surface area contributed by atoms with Crippen LogP contribution in [0.4, 0.5) is 0 Å². The highest BCUT2D eigenvalue weighted by Gasteiger charge is 2.22. The molecule has 0 N–H and O–H groups in total. The van der Waals surface area contributed by atoms with Crippen LogP contribution < -0.4 is 0 Å². The van der Waals surface area contributed by atoms with Gasteiger partial charge in [0.15, 0.2) is 0 Å². The van der Waals surface area contributed by atoms with Gasteiger partial charge in [0.2, 0.25) is 0 Å². The van der Waals surface area contributed by atoms with E-state index < -0.39 is 0 Å². The molecule has 0 amide bonds. The van der Waals surface area contributed by atoms with Gasteiger partial charge in [0, 0.05) is 44.1 Å². The van der Waals surface area contributed by atoms with Crippen molar-refractivity contribution in [3.63, 3.8) is 0 Å². The minimum Gasteiger partial charge on any atom is -0.455 e. The molecule has 0 aliphatic heterocycles. The lowest BCUT2D eigenvalue weighted by Crippen LogP contribution is -2.10. The molecule has 53 heavy (non-hydrogen) atoms. The van der Waals surface area contributed by atoms with Gasteiger partial charge in [-0.3, -0.25) is 0 Å². The molecule has 0 spiro atoms. The summed E-state index contributed by atoms with van der Waals surface area (Å²) in [5.41, 5.74) is 13.9. The highest BCUT2D eigenvalue weighted by Crippen LogP contribution is 2.41. The SMILES string of the molecule is CC(C)c1cc(-c2cc(Cc3cc(-c4cc(C(C)C)ncn4)c4oc5cc(C(C)(C)C)ccc5c4c3)cc3c2oc2cc(C(C)(C)C)ccc23)ncn1. The van der Waals surface area contributed by atoms with Crippen molar-refractivity contribution in [2.75, 3.05) is 0 Å². The van der Waals surface area contributed by atoms with Crippen molar-refractivity contribution in [3.8, 4) is 22.5 Å². The van der Waals surface area contributed by atoms with Crippen LogP contribution in [0.2, 0.25) is 0 Å². The van der Waals surface area contributed by atoms with Gasteiger partial charge in [-0.05, 0) is 99.9 Å². The Hall–Kier alpha value is -5.36. The first-order valence-corrected chi connectivity index (χ1v) is 18.8. The summed E-state index contributed by atoms with van der Waals surface area (Å²) in [6.07, 6.45) is 4.04. The highest BCUT2D eigenvalue weighted by molar-refractivity contribution is 6.11. The highest BCUT2D eigenvalue weighted by atomic mass is 16.3. The normalized spacial score (nSPS) is 12.8. The first-order valence-electron chi connectivity index (χ1n) is 18.8. The van der Waals surface area contributed by atoms with Gasteiger partial charge in [-0.2, -0.15) is 0 Å². The second-order valence-corrected chi connectivity index (χ2v) is 17.3. The molecule has 6 heteroatoms. The first kappa shape index (κ1) is 34.7. The van der Waals surface area contributed by atoms with Crippen LogP contribution in [0.25, 0.3) is 66.4 Å². The molecule has 0 saturated carbocycles. The van der Waals surface area contributed by atoms with Crippen LogP contribution in [0, 0.1) is 0 Å². The van der Waals surface area contributed by atoms with Crippen molar-refractivity contribution in [2.45, 2.75) is 98.3 Å². The largest absolute Gasteiger partial charge is 0.455 e. The summed E-state index contributed by atoms with van der Waals surface area (Å²) < 4.78 is 13.5. The van der Waals surface area contributed by atoms with Crippen molar-refractivity contribution in [3.05, 3.63) is 119 Å². The van der Waals surface area contributed by atoms with Gasteiger partial charge in [0.1, 0.15) is 35.0 Å². The third-order valence-electron chi connectivity index (χ3n) is 10.5. The third kappa shape index (κ3) is 6.39. The molecule has 6 nitrogen and oxygen atoms in total. The fraction of sp³-hybridized carbons (Fsp3) is 0.319. The van der Waals surface area contributed by atoms with E-state index in [1.54, 1.807) is 12.7 Å². The molecule has 268 valence electrons. The standard InChI is InChI=1S/C47H48N4O2/c1-26(2)38-22-40(50-24-48-38)36-18-28(16-34-32-13-11-30(46(5,6)7)20-42(32)52-44(34)36)15-29-17-35-33-14-12-31(47(8,9)10)21-43(33)53-45(35)37(19-29)41-23-39(27(3)4)49-25-51-41/h11-14,16-27H,15H2,1-10H3. The van der Waals surface area contributed by atoms with Gasteiger partial charge in [0.05, 0.1) is 11.4 Å². The number of furan rings is 2. The molecule has 0 aliphatic rings. The molecule has 4 aromatic heterocycles. The van der Waals surface area contributed by atoms with Crippen molar-refractivity contribution in [1.29, 1.82) is 0 Å². The summed E-state index contributed by atoms with van der Waals surface area (Å²) in [5, 5.41) is 4.37. The maximum atomic E-state index is 6.73. The van der Waals surface area contributed by atoms with Crippen molar-refractivity contribution in [1.82, 2.24) is 19.9 Å². The van der Waals surface area contributed by atoms with E-state index in [1.165, 1.54) is 22.3 Å². The summed E-state index contributed by atoms with van der Waals surface area (Å²) in [5.74, 6) is 0.542. The summed E-state index contributed by atoms with van der Waals surface area (Å²) in [6, 6.07) is 26.6. The van der Waals surface area contributed by atoms with Crippen LogP contribution in [-0.4, -0.2) is 19.9 Å². The minimum absolute atomic E-state index is 0.00149. The van der Waals surface area contributed by atoms with Crippen LogP contribution in [0.1, 0.15) is 115 Å². The second-order valence-electron chi connectivity index (χ2n) is 17.3. The number of nitrogens with zero attached hydrogens (tertiary/aromatic N) is 4. The van der Waals surface area contributed by atoms with Crippen molar-refractivity contribution in [2.24, 2.45) is 0 Å². The lowest BCUT2D eigenvalue weighted by molar-refractivity contribution is 0.587. The Kier molecular flexibility index (Phi) is 8.28. The molecule has 0 radical (unpaired) electrons. The van der Waals surface area contributed by atoms with E-state index in [0.717, 1.165) is 77.8 Å². The number of aromatic nitrogens is 4. The van der Waals surface area contributed by atoms with E-state index in [2.05, 4.69) is 152 Å². The molecule has 0 aliphatic carbocycles. The Morgan fingerprint density at radius 3 is 1.28 bits per heavy atom. The summed E-state index contributed by atoms with van der Waals surface area (Å²) in [7, 11) is 0. The summed E-state index contributed by atoms with van der Waals surface area (Å²) in [4.78, 5) is 18.7. The zero-order chi connectivity index (χ0) is 37.4. The van der Waals surface area contributed by atoms with Crippen LogP contribution in [-0.2, 0) is 17.3 Å². The van der Waals surface area contributed by atoms with Crippen molar-refractivity contribution < 1.29 is 8.83 Å². The van der Waals surface area contributed by atoms with Gasteiger partial charge in [-0.15, -0.1) is 0 Å². The molecule has 4 aromatic carbocycles. The molecule has 8 rings (SSSR count). The van der Waals surface area contributed by atoms with Crippen molar-refractivity contribution >= 4 is 43.9 Å². The lowest BCUT2D eigenvalue weighted by Gasteiger charge is -2.18. The molecule has 0 unspecified atom stereocenters. The molecule has 8 aromatic rings. The Balaban J connectivity index is 1.35.